The van der Waals surface area contributed by atoms with Crippen LogP contribution in [-0.2, 0) is 24.4 Å². The van der Waals surface area contributed by atoms with Crippen molar-refractivity contribution < 1.29 is 9.32 Å². The summed E-state index contributed by atoms with van der Waals surface area (Å²) in [5.41, 5.74) is 0.233. The molecule has 0 aliphatic carbocycles. The first-order valence-electron chi connectivity index (χ1n) is 9.35. The van der Waals surface area contributed by atoms with Crippen LogP contribution in [0.3, 0.4) is 0 Å². The molecule has 1 N–H and O–H groups in total. The second-order valence-corrected chi connectivity index (χ2v) is 6.77. The van der Waals surface area contributed by atoms with Crippen LogP contribution < -0.4 is 16.6 Å². The van der Waals surface area contributed by atoms with Crippen molar-refractivity contribution in [2.24, 2.45) is 0 Å². The normalized spacial score (nSPS) is 11.0. The Bertz CT molecular complexity index is 1320. The van der Waals surface area contributed by atoms with Crippen LogP contribution in [0.15, 0.2) is 68.7 Å². The lowest BCUT2D eigenvalue weighted by Gasteiger charge is -2.13. The molecule has 0 aliphatic heterocycles. The van der Waals surface area contributed by atoms with Gasteiger partial charge in [0.1, 0.15) is 13.1 Å². The van der Waals surface area contributed by atoms with Gasteiger partial charge in [0.2, 0.25) is 11.8 Å². The van der Waals surface area contributed by atoms with Crippen molar-refractivity contribution in [2.45, 2.75) is 26.6 Å². The van der Waals surface area contributed by atoms with E-state index in [4.69, 9.17) is 4.52 Å². The summed E-state index contributed by atoms with van der Waals surface area (Å²) in [6.45, 7) is 1.59. The van der Waals surface area contributed by atoms with Crippen molar-refractivity contribution in [1.82, 2.24) is 24.6 Å². The van der Waals surface area contributed by atoms with Gasteiger partial charge in [-0.25, -0.2) is 4.79 Å². The fourth-order valence-corrected chi connectivity index (χ4v) is 3.20. The summed E-state index contributed by atoms with van der Waals surface area (Å²) in [7, 11) is 0. The Morgan fingerprint density at radius 3 is 2.50 bits per heavy atom. The Balaban J connectivity index is 1.68. The van der Waals surface area contributed by atoms with Gasteiger partial charge in [-0.15, -0.1) is 0 Å². The number of aryl methyl sites for hydroxylation is 1. The molecule has 1 amide bonds. The van der Waals surface area contributed by atoms with Crippen LogP contribution in [0.2, 0.25) is 0 Å². The number of fused-ring (bicyclic) bond motifs is 1. The number of carbonyl (C=O) groups is 1. The first-order chi connectivity index (χ1) is 14.5. The standard InChI is InChI=1S/C21H19N5O4/c1-14-23-19(30-24-14)13-26-20(28)16-9-5-6-10-17(16)25(21(26)29)12-18(27)22-11-15-7-3-2-4-8-15/h2-10H,11-13H2,1H3,(H,22,27). The van der Waals surface area contributed by atoms with Crippen molar-refractivity contribution in [3.8, 4) is 0 Å². The lowest BCUT2D eigenvalue weighted by atomic mass is 10.2. The van der Waals surface area contributed by atoms with E-state index in [0.29, 0.717) is 23.3 Å². The second-order valence-electron chi connectivity index (χ2n) is 6.77. The van der Waals surface area contributed by atoms with Crippen molar-refractivity contribution in [3.63, 3.8) is 0 Å². The number of nitrogens with zero attached hydrogens (tertiary/aromatic N) is 4. The fraction of sp³-hybridized carbons (Fsp3) is 0.190. The highest BCUT2D eigenvalue weighted by molar-refractivity contribution is 5.81. The number of aromatic nitrogens is 4. The first kappa shape index (κ1) is 19.3. The summed E-state index contributed by atoms with van der Waals surface area (Å²) in [5.74, 6) is 0.200. The topological polar surface area (TPSA) is 112 Å². The van der Waals surface area contributed by atoms with Crippen molar-refractivity contribution in [2.75, 3.05) is 0 Å². The highest BCUT2D eigenvalue weighted by Crippen LogP contribution is 2.08. The van der Waals surface area contributed by atoms with Crippen LogP contribution in [0, 0.1) is 6.92 Å². The zero-order chi connectivity index (χ0) is 21.1. The molecule has 0 bridgehead atoms. The maximum atomic E-state index is 13.1. The Morgan fingerprint density at radius 2 is 1.77 bits per heavy atom. The number of amides is 1. The molecule has 2 aromatic heterocycles. The van der Waals surface area contributed by atoms with E-state index in [-0.39, 0.29) is 24.9 Å². The Labute approximate surface area is 170 Å². The zero-order valence-electron chi connectivity index (χ0n) is 16.2. The summed E-state index contributed by atoms with van der Waals surface area (Å²) in [6.07, 6.45) is 0. The maximum Gasteiger partial charge on any atom is 0.332 e. The molecule has 0 fully saturated rings. The minimum atomic E-state index is -0.621. The van der Waals surface area contributed by atoms with Gasteiger partial charge in [-0.05, 0) is 24.6 Å². The molecule has 30 heavy (non-hydrogen) atoms. The summed E-state index contributed by atoms with van der Waals surface area (Å²) in [6, 6.07) is 16.1. The average Bonchev–Trinajstić information content (AvgIpc) is 3.18. The third kappa shape index (κ3) is 3.90. The van der Waals surface area contributed by atoms with Gasteiger partial charge in [0.15, 0.2) is 5.82 Å². The van der Waals surface area contributed by atoms with Gasteiger partial charge in [0.25, 0.3) is 5.56 Å². The zero-order valence-corrected chi connectivity index (χ0v) is 16.2. The molecule has 4 aromatic rings. The number of hydrogen-bond acceptors (Lipinski definition) is 6. The molecule has 2 aromatic carbocycles. The van der Waals surface area contributed by atoms with E-state index in [2.05, 4.69) is 15.5 Å². The molecule has 0 saturated heterocycles. The van der Waals surface area contributed by atoms with Crippen LogP contribution in [0.25, 0.3) is 10.9 Å². The van der Waals surface area contributed by atoms with Crippen LogP contribution in [0.4, 0.5) is 0 Å². The highest BCUT2D eigenvalue weighted by atomic mass is 16.5. The number of hydrogen-bond donors (Lipinski definition) is 1. The Morgan fingerprint density at radius 1 is 1.03 bits per heavy atom. The van der Waals surface area contributed by atoms with Crippen LogP contribution in [0.5, 0.6) is 0 Å². The number of nitrogens with one attached hydrogen (secondary N) is 1. The molecule has 4 rings (SSSR count). The maximum absolute atomic E-state index is 13.1. The van der Waals surface area contributed by atoms with E-state index in [0.717, 1.165) is 10.1 Å². The second kappa shape index (κ2) is 8.16. The number of rotatable bonds is 6. The molecule has 0 atom stereocenters. The lowest BCUT2D eigenvalue weighted by Crippen LogP contribution is -2.42. The molecule has 0 saturated carbocycles. The SMILES string of the molecule is Cc1noc(Cn2c(=O)c3ccccc3n(CC(=O)NCc3ccccc3)c2=O)n1. The summed E-state index contributed by atoms with van der Waals surface area (Å²) in [5, 5.41) is 6.81. The predicted octanol–water partition coefficient (Wildman–Crippen LogP) is 1.22. The summed E-state index contributed by atoms with van der Waals surface area (Å²) < 4.78 is 7.33. The Kier molecular flexibility index (Phi) is 5.25. The highest BCUT2D eigenvalue weighted by Gasteiger charge is 2.17. The molecule has 9 nitrogen and oxygen atoms in total. The van der Waals surface area contributed by atoms with Crippen LogP contribution >= 0.6 is 0 Å². The monoisotopic (exact) mass is 405 g/mol. The minimum Gasteiger partial charge on any atom is -0.350 e. The van der Waals surface area contributed by atoms with E-state index in [1.165, 1.54) is 4.57 Å². The molecule has 0 spiro atoms. The average molecular weight is 405 g/mol. The summed E-state index contributed by atoms with van der Waals surface area (Å²) >= 11 is 0. The van der Waals surface area contributed by atoms with Gasteiger partial charge in [0, 0.05) is 6.54 Å². The van der Waals surface area contributed by atoms with Crippen LogP contribution in [-0.4, -0.2) is 25.2 Å². The molecular formula is C21H19N5O4. The van der Waals surface area contributed by atoms with Crippen molar-refractivity contribution in [1.29, 1.82) is 0 Å². The third-order valence-electron chi connectivity index (χ3n) is 4.63. The molecule has 0 unspecified atom stereocenters. The number of benzene rings is 2. The quantitative estimate of drug-likeness (QED) is 0.516. The van der Waals surface area contributed by atoms with E-state index >= 15 is 0 Å². The molecule has 0 radical (unpaired) electrons. The minimum absolute atomic E-state index is 0.141. The van der Waals surface area contributed by atoms with E-state index in [9.17, 15) is 14.4 Å². The lowest BCUT2D eigenvalue weighted by molar-refractivity contribution is -0.121. The van der Waals surface area contributed by atoms with Crippen molar-refractivity contribution in [3.05, 3.63) is 92.7 Å². The van der Waals surface area contributed by atoms with E-state index < -0.39 is 11.2 Å². The van der Waals surface area contributed by atoms with Gasteiger partial charge in [0.05, 0.1) is 10.9 Å². The third-order valence-corrected chi connectivity index (χ3v) is 4.63. The van der Waals surface area contributed by atoms with Crippen molar-refractivity contribution >= 4 is 16.8 Å². The summed E-state index contributed by atoms with van der Waals surface area (Å²) in [4.78, 5) is 42.5. The van der Waals surface area contributed by atoms with Crippen LogP contribution in [0.1, 0.15) is 17.3 Å². The smallest absolute Gasteiger partial charge is 0.332 e. The Hall–Kier alpha value is -4.01. The molecular weight excluding hydrogens is 386 g/mol. The van der Waals surface area contributed by atoms with E-state index in [1.807, 2.05) is 30.3 Å². The number of para-hydroxylation sites is 1. The molecule has 2 heterocycles. The van der Waals surface area contributed by atoms with E-state index in [1.54, 1.807) is 31.2 Å². The van der Waals surface area contributed by atoms with Gasteiger partial charge in [-0.1, -0.05) is 47.6 Å². The van der Waals surface area contributed by atoms with Gasteiger partial charge < -0.3 is 9.84 Å². The van der Waals surface area contributed by atoms with Gasteiger partial charge in [-0.2, -0.15) is 4.98 Å². The largest absolute Gasteiger partial charge is 0.350 e. The van der Waals surface area contributed by atoms with Gasteiger partial charge >= 0.3 is 5.69 Å². The molecule has 9 heteroatoms. The fourth-order valence-electron chi connectivity index (χ4n) is 3.20. The van der Waals surface area contributed by atoms with Gasteiger partial charge in [-0.3, -0.25) is 18.7 Å². The number of carbonyl (C=O) groups excluding carboxylic acids is 1. The first-order valence-corrected chi connectivity index (χ1v) is 9.35. The molecule has 0 aliphatic rings. The predicted molar refractivity (Wildman–Crippen MR) is 109 cm³/mol. The molecule has 152 valence electrons.